The van der Waals surface area contributed by atoms with Crippen LogP contribution in [0.4, 0.5) is 0 Å². The molecule has 7 nitrogen and oxygen atoms in total. The van der Waals surface area contributed by atoms with Crippen LogP contribution in [0.3, 0.4) is 0 Å². The van der Waals surface area contributed by atoms with Crippen molar-refractivity contribution in [3.8, 4) is 11.5 Å². The molecule has 9 heteroatoms. The smallest absolute Gasteiger partial charge is 0.260 e. The molecule has 202 valence electrons. The standard InChI is InChI=1S/C31H25Cl2N3O4/c1-2-39-29-15-20(11-14-28(29)40-19-21-12-13-22(32)16-25(21)33)17-34-35-30(37)18-36-26-9-5-3-7-23(26)31(38)24-8-4-6-10-27(24)36/h3-17H,2,18-19H2,1H3,(H,35,37)/b34-17+. The monoisotopic (exact) mass is 573 g/mol. The fourth-order valence-corrected chi connectivity index (χ4v) is 4.85. The molecule has 0 aliphatic rings. The molecule has 40 heavy (non-hydrogen) atoms. The van der Waals surface area contributed by atoms with Crippen molar-refractivity contribution in [1.82, 2.24) is 9.99 Å². The molecule has 0 radical (unpaired) electrons. The topological polar surface area (TPSA) is 81.9 Å². The highest BCUT2D eigenvalue weighted by Crippen LogP contribution is 2.30. The molecule has 1 amide bonds. The van der Waals surface area contributed by atoms with Crippen molar-refractivity contribution < 1.29 is 14.3 Å². The number of para-hydroxylation sites is 2. The van der Waals surface area contributed by atoms with Gasteiger partial charge in [0.1, 0.15) is 13.2 Å². The number of rotatable bonds is 9. The summed E-state index contributed by atoms with van der Waals surface area (Å²) in [7, 11) is 0. The van der Waals surface area contributed by atoms with Gasteiger partial charge in [-0.05, 0) is 67.1 Å². The molecule has 0 unspecified atom stereocenters. The third-order valence-electron chi connectivity index (χ3n) is 6.25. The number of aromatic nitrogens is 1. The van der Waals surface area contributed by atoms with Crippen LogP contribution in [0.25, 0.3) is 21.8 Å². The second-order valence-electron chi connectivity index (χ2n) is 8.91. The number of hydrogen-bond acceptors (Lipinski definition) is 5. The number of nitrogens with zero attached hydrogens (tertiary/aromatic N) is 2. The Bertz CT molecular complexity index is 1740. The summed E-state index contributed by atoms with van der Waals surface area (Å²) in [6.07, 6.45) is 1.53. The molecule has 0 fully saturated rings. The summed E-state index contributed by atoms with van der Waals surface area (Å²) in [5, 5.41) is 6.32. The largest absolute Gasteiger partial charge is 0.490 e. The Kier molecular flexibility index (Phi) is 8.34. The lowest BCUT2D eigenvalue weighted by molar-refractivity contribution is -0.121. The lowest BCUT2D eigenvalue weighted by Crippen LogP contribution is -2.25. The summed E-state index contributed by atoms with van der Waals surface area (Å²) in [6.45, 7) is 2.55. The first kappa shape index (κ1) is 27.2. The van der Waals surface area contributed by atoms with E-state index in [9.17, 15) is 9.59 Å². The van der Waals surface area contributed by atoms with E-state index in [1.54, 1.807) is 42.5 Å². The van der Waals surface area contributed by atoms with Crippen LogP contribution < -0.4 is 20.3 Å². The first-order chi connectivity index (χ1) is 19.4. The van der Waals surface area contributed by atoms with Crippen LogP contribution in [0.1, 0.15) is 18.1 Å². The SMILES string of the molecule is CCOc1cc(/C=N/NC(=O)Cn2c3ccccc3c(=O)c3ccccc32)ccc1OCc1ccc(Cl)cc1Cl. The zero-order valence-electron chi connectivity index (χ0n) is 21.6. The Morgan fingerprint density at radius 1 is 0.900 bits per heavy atom. The van der Waals surface area contributed by atoms with E-state index in [4.69, 9.17) is 32.7 Å². The quantitative estimate of drug-likeness (QED) is 0.122. The molecule has 5 rings (SSSR count). The van der Waals surface area contributed by atoms with Gasteiger partial charge in [0.2, 0.25) is 0 Å². The van der Waals surface area contributed by atoms with Gasteiger partial charge in [0, 0.05) is 26.4 Å². The maximum absolute atomic E-state index is 12.9. The molecule has 1 heterocycles. The van der Waals surface area contributed by atoms with E-state index in [0.717, 1.165) is 5.56 Å². The number of ether oxygens (including phenoxy) is 2. The minimum Gasteiger partial charge on any atom is -0.490 e. The molecule has 1 aromatic heterocycles. The van der Waals surface area contributed by atoms with E-state index >= 15 is 0 Å². The summed E-state index contributed by atoms with van der Waals surface area (Å²) in [6, 6.07) is 25.1. The van der Waals surface area contributed by atoms with Crippen LogP contribution in [0, 0.1) is 0 Å². The zero-order chi connectivity index (χ0) is 28.1. The van der Waals surface area contributed by atoms with Crippen LogP contribution in [0.2, 0.25) is 10.0 Å². The van der Waals surface area contributed by atoms with Crippen molar-refractivity contribution in [2.45, 2.75) is 20.1 Å². The maximum atomic E-state index is 12.9. The van der Waals surface area contributed by atoms with E-state index in [-0.39, 0.29) is 24.5 Å². The highest BCUT2D eigenvalue weighted by molar-refractivity contribution is 6.35. The number of halogens is 2. The average Bonchev–Trinajstić information content (AvgIpc) is 2.96. The van der Waals surface area contributed by atoms with Crippen molar-refractivity contribution in [2.24, 2.45) is 5.10 Å². The summed E-state index contributed by atoms with van der Waals surface area (Å²) in [4.78, 5) is 25.8. The fourth-order valence-electron chi connectivity index (χ4n) is 4.39. The molecule has 0 bridgehead atoms. The molecule has 0 aliphatic carbocycles. The first-order valence-corrected chi connectivity index (χ1v) is 13.4. The van der Waals surface area contributed by atoms with Crippen LogP contribution in [0.5, 0.6) is 11.5 Å². The third kappa shape index (κ3) is 5.96. The lowest BCUT2D eigenvalue weighted by Gasteiger charge is -2.14. The molecule has 0 aliphatic heterocycles. The summed E-state index contributed by atoms with van der Waals surface area (Å²) >= 11 is 12.2. The normalized spacial score (nSPS) is 11.3. The molecule has 0 spiro atoms. The number of carbonyl (C=O) groups excluding carboxylic acids is 1. The van der Waals surface area contributed by atoms with E-state index in [2.05, 4.69) is 10.5 Å². The van der Waals surface area contributed by atoms with Crippen molar-refractivity contribution in [3.05, 3.63) is 116 Å². The number of fused-ring (bicyclic) bond motifs is 2. The molecular formula is C31H25Cl2N3O4. The summed E-state index contributed by atoms with van der Waals surface area (Å²) in [5.74, 6) is 0.750. The van der Waals surface area contributed by atoms with Gasteiger partial charge < -0.3 is 14.0 Å². The van der Waals surface area contributed by atoms with Gasteiger partial charge in [0.15, 0.2) is 16.9 Å². The number of hydrogen-bond donors (Lipinski definition) is 1. The second-order valence-corrected chi connectivity index (χ2v) is 9.75. The molecule has 5 aromatic rings. The van der Waals surface area contributed by atoms with Crippen molar-refractivity contribution in [3.63, 3.8) is 0 Å². The number of pyridine rings is 1. The predicted octanol–water partition coefficient (Wildman–Crippen LogP) is 6.59. The fraction of sp³-hybridized carbons (Fsp3) is 0.129. The Balaban J connectivity index is 1.30. The lowest BCUT2D eigenvalue weighted by atomic mass is 10.1. The van der Waals surface area contributed by atoms with Gasteiger partial charge in [-0.15, -0.1) is 0 Å². The van der Waals surface area contributed by atoms with Gasteiger partial charge >= 0.3 is 0 Å². The minimum absolute atomic E-state index is 0.0110. The van der Waals surface area contributed by atoms with Crippen molar-refractivity contribution in [2.75, 3.05) is 6.61 Å². The molecule has 4 aromatic carbocycles. The number of carbonyl (C=O) groups is 1. The first-order valence-electron chi connectivity index (χ1n) is 12.6. The number of benzene rings is 4. The van der Waals surface area contributed by atoms with Gasteiger partial charge in [-0.1, -0.05) is 53.5 Å². The Morgan fingerprint density at radius 2 is 1.60 bits per heavy atom. The maximum Gasteiger partial charge on any atom is 0.260 e. The molecule has 0 atom stereocenters. The molecular weight excluding hydrogens is 549 g/mol. The van der Waals surface area contributed by atoms with Crippen molar-refractivity contribution in [1.29, 1.82) is 0 Å². The average molecular weight is 574 g/mol. The van der Waals surface area contributed by atoms with Crippen LogP contribution in [-0.2, 0) is 17.9 Å². The van der Waals surface area contributed by atoms with E-state index in [0.29, 0.717) is 55.5 Å². The van der Waals surface area contributed by atoms with Crippen molar-refractivity contribution >= 4 is 57.1 Å². The predicted molar refractivity (Wildman–Crippen MR) is 160 cm³/mol. The Hall–Kier alpha value is -4.33. The minimum atomic E-state index is -0.333. The van der Waals surface area contributed by atoms with Gasteiger partial charge in [-0.2, -0.15) is 5.10 Å². The highest BCUT2D eigenvalue weighted by atomic mass is 35.5. The van der Waals surface area contributed by atoms with E-state index < -0.39 is 0 Å². The molecule has 0 saturated carbocycles. The summed E-state index contributed by atoms with van der Waals surface area (Å²) in [5.41, 5.74) is 5.39. The highest BCUT2D eigenvalue weighted by Gasteiger charge is 2.13. The van der Waals surface area contributed by atoms with Gasteiger partial charge in [-0.25, -0.2) is 5.43 Å². The second kappa shape index (κ2) is 12.2. The summed E-state index contributed by atoms with van der Waals surface area (Å²) < 4.78 is 13.5. The number of amides is 1. The zero-order valence-corrected chi connectivity index (χ0v) is 23.1. The van der Waals surface area contributed by atoms with Gasteiger partial charge in [0.05, 0.1) is 23.9 Å². The molecule has 1 N–H and O–H groups in total. The van der Waals surface area contributed by atoms with E-state index in [1.165, 1.54) is 6.21 Å². The van der Waals surface area contributed by atoms with Gasteiger partial charge in [0.25, 0.3) is 5.91 Å². The van der Waals surface area contributed by atoms with Gasteiger partial charge in [-0.3, -0.25) is 9.59 Å². The van der Waals surface area contributed by atoms with Crippen LogP contribution >= 0.6 is 23.2 Å². The van der Waals surface area contributed by atoms with Crippen LogP contribution in [-0.4, -0.2) is 23.3 Å². The van der Waals surface area contributed by atoms with E-state index in [1.807, 2.05) is 54.0 Å². The Labute approximate surface area is 240 Å². The molecule has 0 saturated heterocycles. The Morgan fingerprint density at radius 3 is 2.27 bits per heavy atom. The van der Waals surface area contributed by atoms with Crippen LogP contribution in [0.15, 0.2) is 94.8 Å². The number of hydrazone groups is 1. The third-order valence-corrected chi connectivity index (χ3v) is 6.84. The number of nitrogens with one attached hydrogen (secondary N) is 1.